The van der Waals surface area contributed by atoms with E-state index in [2.05, 4.69) is 11.5 Å². The van der Waals surface area contributed by atoms with E-state index >= 15 is 0 Å². The first-order chi connectivity index (χ1) is 20.0. The highest BCUT2D eigenvalue weighted by atomic mass is 16.6. The molecule has 1 atom stereocenters. The standard InChI is InChI=1S/C31H36N2O8/c1-3-14-39-23-8-6-21(19-25(23)38-4-2)28-27(29(34)22-7-9-24-26(20-22)41-18-17-40-24)30(35)31(36)33(28)11-5-10-32-12-15-37-16-13-32/h3,6-9,19-20,28,34H,1,4-5,10-18H2,2H3/t28-/m0/s1. The summed E-state index contributed by atoms with van der Waals surface area (Å²) in [5.74, 6) is 0.366. The molecule has 218 valence electrons. The van der Waals surface area contributed by atoms with Gasteiger partial charge in [-0.1, -0.05) is 18.7 Å². The van der Waals surface area contributed by atoms with Gasteiger partial charge >= 0.3 is 0 Å². The van der Waals surface area contributed by atoms with Crippen molar-refractivity contribution in [2.75, 3.05) is 65.8 Å². The molecule has 0 spiro atoms. The van der Waals surface area contributed by atoms with Gasteiger partial charge in [0, 0.05) is 31.7 Å². The SMILES string of the molecule is C=CCOc1ccc([C@H]2C(=C(O)c3ccc4c(c3)OCCO4)C(=O)C(=O)N2CCCN2CCOCC2)cc1OCC. The Balaban J connectivity index is 1.53. The highest BCUT2D eigenvalue weighted by Crippen LogP contribution is 2.43. The molecule has 10 heteroatoms. The van der Waals surface area contributed by atoms with E-state index in [-0.39, 0.29) is 11.3 Å². The van der Waals surface area contributed by atoms with Crippen molar-refractivity contribution < 1.29 is 38.4 Å². The van der Waals surface area contributed by atoms with E-state index in [0.29, 0.717) is 86.7 Å². The Morgan fingerprint density at radius 3 is 2.54 bits per heavy atom. The minimum Gasteiger partial charge on any atom is -0.507 e. The number of ether oxygens (including phenoxy) is 5. The van der Waals surface area contributed by atoms with Crippen molar-refractivity contribution in [1.29, 1.82) is 0 Å². The van der Waals surface area contributed by atoms with Gasteiger partial charge in [0.15, 0.2) is 23.0 Å². The van der Waals surface area contributed by atoms with E-state index in [4.69, 9.17) is 23.7 Å². The molecule has 1 N–H and O–H groups in total. The Morgan fingerprint density at radius 1 is 1.00 bits per heavy atom. The van der Waals surface area contributed by atoms with Gasteiger partial charge in [-0.25, -0.2) is 0 Å². The van der Waals surface area contributed by atoms with Crippen LogP contribution in [0.15, 0.2) is 54.6 Å². The van der Waals surface area contributed by atoms with Crippen LogP contribution in [0.4, 0.5) is 0 Å². The number of carbonyl (C=O) groups excluding carboxylic acids is 2. The first kappa shape index (κ1) is 28.5. The zero-order valence-corrected chi connectivity index (χ0v) is 23.3. The highest BCUT2D eigenvalue weighted by Gasteiger charge is 2.46. The van der Waals surface area contributed by atoms with Crippen molar-refractivity contribution in [3.05, 3.63) is 65.8 Å². The van der Waals surface area contributed by atoms with Crippen LogP contribution in [0.1, 0.15) is 30.5 Å². The second kappa shape index (κ2) is 13.1. The molecule has 1 amide bonds. The van der Waals surface area contributed by atoms with Crippen LogP contribution in [-0.2, 0) is 14.3 Å². The van der Waals surface area contributed by atoms with Crippen LogP contribution in [0.3, 0.4) is 0 Å². The number of likely N-dealkylation sites (tertiary alicyclic amines) is 1. The molecule has 0 aromatic heterocycles. The van der Waals surface area contributed by atoms with Crippen molar-refractivity contribution >= 4 is 17.4 Å². The third-order valence-electron chi connectivity index (χ3n) is 7.27. The molecule has 3 aliphatic heterocycles. The number of benzene rings is 2. The van der Waals surface area contributed by atoms with Gasteiger partial charge < -0.3 is 33.7 Å². The summed E-state index contributed by atoms with van der Waals surface area (Å²) in [7, 11) is 0. The second-order valence-corrected chi connectivity index (χ2v) is 9.90. The predicted octanol–water partition coefficient (Wildman–Crippen LogP) is 3.57. The van der Waals surface area contributed by atoms with E-state index < -0.39 is 17.7 Å². The molecule has 2 fully saturated rings. The zero-order chi connectivity index (χ0) is 28.8. The molecule has 2 aromatic carbocycles. The maximum atomic E-state index is 13.5. The first-order valence-electron chi connectivity index (χ1n) is 14.0. The molecule has 0 bridgehead atoms. The molecule has 10 nitrogen and oxygen atoms in total. The molecular weight excluding hydrogens is 528 g/mol. The van der Waals surface area contributed by atoms with Crippen molar-refractivity contribution in [2.24, 2.45) is 0 Å². The van der Waals surface area contributed by atoms with E-state index in [1.165, 1.54) is 0 Å². The fourth-order valence-electron chi connectivity index (χ4n) is 5.32. The number of aliphatic hydroxyl groups is 1. The lowest BCUT2D eigenvalue weighted by molar-refractivity contribution is -0.140. The average Bonchev–Trinajstić information content (AvgIpc) is 3.25. The molecule has 0 saturated carbocycles. The zero-order valence-electron chi connectivity index (χ0n) is 23.3. The molecule has 3 heterocycles. The Kier molecular flexibility index (Phi) is 9.11. The van der Waals surface area contributed by atoms with Crippen LogP contribution in [-0.4, -0.2) is 92.4 Å². The third-order valence-corrected chi connectivity index (χ3v) is 7.27. The summed E-state index contributed by atoms with van der Waals surface area (Å²) in [5.41, 5.74) is 1.01. The largest absolute Gasteiger partial charge is 0.507 e. The molecule has 3 aliphatic rings. The number of carbonyl (C=O) groups is 2. The van der Waals surface area contributed by atoms with Crippen LogP contribution >= 0.6 is 0 Å². The van der Waals surface area contributed by atoms with Gasteiger partial charge in [-0.2, -0.15) is 0 Å². The van der Waals surface area contributed by atoms with Gasteiger partial charge in [-0.15, -0.1) is 0 Å². The minimum atomic E-state index is -0.819. The first-order valence-corrected chi connectivity index (χ1v) is 14.0. The normalized spacial score (nSPS) is 20.2. The van der Waals surface area contributed by atoms with Crippen LogP contribution in [0.2, 0.25) is 0 Å². The third kappa shape index (κ3) is 6.18. The summed E-state index contributed by atoms with van der Waals surface area (Å²) in [5, 5.41) is 11.5. The van der Waals surface area contributed by atoms with E-state index in [0.717, 1.165) is 19.6 Å². The second-order valence-electron chi connectivity index (χ2n) is 9.90. The molecular formula is C31H36N2O8. The number of rotatable bonds is 11. The Bertz CT molecular complexity index is 1320. The number of fused-ring (bicyclic) bond motifs is 1. The van der Waals surface area contributed by atoms with Crippen LogP contribution < -0.4 is 18.9 Å². The molecule has 0 aliphatic carbocycles. The van der Waals surface area contributed by atoms with Gasteiger partial charge in [0.25, 0.3) is 11.7 Å². The summed E-state index contributed by atoms with van der Waals surface area (Å²) in [4.78, 5) is 30.8. The van der Waals surface area contributed by atoms with Crippen molar-refractivity contribution in [1.82, 2.24) is 9.80 Å². The summed E-state index contributed by atoms with van der Waals surface area (Å²) in [6, 6.07) is 9.47. The monoisotopic (exact) mass is 564 g/mol. The molecule has 2 saturated heterocycles. The fraction of sp³-hybridized carbons (Fsp3) is 0.419. The van der Waals surface area contributed by atoms with Crippen molar-refractivity contribution in [3.63, 3.8) is 0 Å². The lowest BCUT2D eigenvalue weighted by Crippen LogP contribution is -2.39. The number of aliphatic hydroxyl groups excluding tert-OH is 1. The fourth-order valence-corrected chi connectivity index (χ4v) is 5.32. The van der Waals surface area contributed by atoms with E-state index in [1.54, 1.807) is 47.4 Å². The number of hydrogen-bond donors (Lipinski definition) is 1. The number of Topliss-reactive ketones (excluding diaryl/α,β-unsaturated/α-hetero) is 1. The van der Waals surface area contributed by atoms with Gasteiger partial charge in [-0.3, -0.25) is 14.5 Å². The molecule has 5 rings (SSSR count). The smallest absolute Gasteiger partial charge is 0.295 e. The number of nitrogens with zero attached hydrogens (tertiary/aromatic N) is 2. The predicted molar refractivity (Wildman–Crippen MR) is 152 cm³/mol. The van der Waals surface area contributed by atoms with Crippen molar-refractivity contribution in [2.45, 2.75) is 19.4 Å². The van der Waals surface area contributed by atoms with E-state index in [9.17, 15) is 14.7 Å². The molecule has 0 unspecified atom stereocenters. The molecule has 2 aromatic rings. The van der Waals surface area contributed by atoms with Crippen LogP contribution in [0, 0.1) is 0 Å². The Morgan fingerprint density at radius 2 is 1.78 bits per heavy atom. The molecule has 0 radical (unpaired) electrons. The number of morpholine rings is 1. The van der Waals surface area contributed by atoms with Gasteiger partial charge in [0.1, 0.15) is 25.6 Å². The van der Waals surface area contributed by atoms with Gasteiger partial charge in [-0.05, 0) is 49.2 Å². The summed E-state index contributed by atoms with van der Waals surface area (Å²) in [6.45, 7) is 11.2. The molecule has 41 heavy (non-hydrogen) atoms. The van der Waals surface area contributed by atoms with E-state index in [1.807, 2.05) is 6.92 Å². The van der Waals surface area contributed by atoms with Gasteiger partial charge in [0.2, 0.25) is 0 Å². The van der Waals surface area contributed by atoms with Gasteiger partial charge in [0.05, 0.1) is 31.4 Å². The number of ketones is 1. The van der Waals surface area contributed by atoms with Crippen LogP contribution in [0.25, 0.3) is 5.76 Å². The Hall–Kier alpha value is -4.02. The lowest BCUT2D eigenvalue weighted by atomic mass is 9.94. The maximum absolute atomic E-state index is 13.5. The summed E-state index contributed by atoms with van der Waals surface area (Å²) >= 11 is 0. The highest BCUT2D eigenvalue weighted by molar-refractivity contribution is 6.46. The quantitative estimate of drug-likeness (QED) is 0.190. The Labute approximate surface area is 239 Å². The lowest BCUT2D eigenvalue weighted by Gasteiger charge is -2.29. The number of amides is 1. The van der Waals surface area contributed by atoms with Crippen molar-refractivity contribution in [3.8, 4) is 23.0 Å². The topological polar surface area (TPSA) is 107 Å². The summed E-state index contributed by atoms with van der Waals surface area (Å²) in [6.07, 6.45) is 2.30. The average molecular weight is 565 g/mol. The van der Waals surface area contributed by atoms with Crippen LogP contribution in [0.5, 0.6) is 23.0 Å². The minimum absolute atomic E-state index is 0.0141. The number of hydrogen-bond acceptors (Lipinski definition) is 9. The summed E-state index contributed by atoms with van der Waals surface area (Å²) < 4.78 is 28.3. The maximum Gasteiger partial charge on any atom is 0.295 e.